The van der Waals surface area contributed by atoms with Gasteiger partial charge in [0.15, 0.2) is 11.6 Å². The molecule has 0 radical (unpaired) electrons. The van der Waals surface area contributed by atoms with Crippen LogP contribution in [-0.4, -0.2) is 19.3 Å². The average Bonchev–Trinajstić information content (AvgIpc) is 2.33. The molecule has 0 saturated heterocycles. The van der Waals surface area contributed by atoms with Crippen LogP contribution in [0.3, 0.4) is 0 Å². The Kier molecular flexibility index (Phi) is 3.84. The largest absolute Gasteiger partial charge is 0.410 e. The summed E-state index contributed by atoms with van der Waals surface area (Å²) >= 11 is 5.98. The highest BCUT2D eigenvalue weighted by Crippen LogP contribution is 2.33. The van der Waals surface area contributed by atoms with Gasteiger partial charge in [0.2, 0.25) is 0 Å². The molecule has 6 heteroatoms. The maximum Gasteiger partial charge on any atom is 0.410 e. The lowest BCUT2D eigenvalue weighted by Crippen LogP contribution is -2.17. The molecule has 1 aromatic carbocycles. The smallest absolute Gasteiger partial charge is 0.407 e. The minimum Gasteiger partial charge on any atom is -0.407 e. The van der Waals surface area contributed by atoms with Gasteiger partial charge >= 0.3 is 6.09 Å². The Balaban J connectivity index is 2.40. The predicted molar refractivity (Wildman–Crippen MR) is 65.0 cm³/mol. The summed E-state index contributed by atoms with van der Waals surface area (Å²) in [5.74, 6) is -0.954. The molecule has 1 heterocycles. The van der Waals surface area contributed by atoms with Crippen LogP contribution in [0.15, 0.2) is 18.2 Å². The Labute approximate surface area is 108 Å². The zero-order chi connectivity index (χ0) is 13.1. The Morgan fingerprint density at radius 2 is 2.28 bits per heavy atom. The number of amides is 1. The number of ether oxygens (including phenoxy) is 2. The van der Waals surface area contributed by atoms with Crippen molar-refractivity contribution in [2.75, 3.05) is 13.2 Å². The number of carbonyl (C=O) groups excluding carboxylic acids is 1. The number of carbonyl (C=O) groups is 1. The third kappa shape index (κ3) is 2.80. The Morgan fingerprint density at radius 1 is 1.50 bits per heavy atom. The number of rotatable bonds is 2. The second-order valence-electron chi connectivity index (χ2n) is 3.74. The quantitative estimate of drug-likeness (QED) is 0.900. The van der Waals surface area contributed by atoms with Crippen molar-refractivity contribution in [2.45, 2.75) is 6.42 Å². The van der Waals surface area contributed by atoms with Crippen molar-refractivity contribution in [3.05, 3.63) is 34.6 Å². The highest BCUT2D eigenvalue weighted by atomic mass is 35.5. The first kappa shape index (κ1) is 12.9. The van der Waals surface area contributed by atoms with E-state index < -0.39 is 11.9 Å². The third-order valence-electron chi connectivity index (χ3n) is 2.54. The number of primary amides is 1. The summed E-state index contributed by atoms with van der Waals surface area (Å²) in [5.41, 5.74) is 6.42. The topological polar surface area (TPSA) is 61.6 Å². The van der Waals surface area contributed by atoms with Crippen LogP contribution < -0.4 is 10.5 Å². The first-order valence-corrected chi connectivity index (χ1v) is 5.69. The van der Waals surface area contributed by atoms with Crippen LogP contribution in [-0.2, 0) is 4.74 Å². The molecule has 0 unspecified atom stereocenters. The van der Waals surface area contributed by atoms with Crippen molar-refractivity contribution in [1.82, 2.24) is 0 Å². The molecule has 1 aliphatic rings. The molecule has 2 N–H and O–H groups in total. The molecule has 1 aromatic rings. The molecule has 0 aliphatic carbocycles. The van der Waals surface area contributed by atoms with Gasteiger partial charge in [0.25, 0.3) is 0 Å². The van der Waals surface area contributed by atoms with Gasteiger partial charge in [0.1, 0.15) is 0 Å². The predicted octanol–water partition coefficient (Wildman–Crippen LogP) is 2.74. The number of hydrogen-bond donors (Lipinski definition) is 1. The fourth-order valence-electron chi connectivity index (χ4n) is 1.73. The lowest BCUT2D eigenvalue weighted by Gasteiger charge is -2.16. The first-order chi connectivity index (χ1) is 8.58. The third-order valence-corrected chi connectivity index (χ3v) is 2.85. The summed E-state index contributed by atoms with van der Waals surface area (Å²) in [5, 5.41) is 0.262. The SMILES string of the molecule is NC(=O)Oc1cc(C2=CCOCC2)c(Cl)cc1F. The van der Waals surface area contributed by atoms with Crippen LogP contribution in [0.4, 0.5) is 9.18 Å². The van der Waals surface area contributed by atoms with E-state index in [-0.39, 0.29) is 10.8 Å². The molecule has 4 nitrogen and oxygen atoms in total. The van der Waals surface area contributed by atoms with E-state index >= 15 is 0 Å². The van der Waals surface area contributed by atoms with Gasteiger partial charge in [-0.3, -0.25) is 0 Å². The molecule has 0 spiro atoms. The summed E-state index contributed by atoms with van der Waals surface area (Å²) in [7, 11) is 0. The van der Waals surface area contributed by atoms with Crippen molar-refractivity contribution in [3.8, 4) is 5.75 Å². The van der Waals surface area contributed by atoms with Crippen LogP contribution in [0.5, 0.6) is 5.75 Å². The standard InChI is InChI=1S/C12H11ClFNO3/c13-9-6-10(14)11(18-12(15)16)5-8(9)7-1-3-17-4-2-7/h1,5-6H,2-4H2,(H2,15,16). The monoisotopic (exact) mass is 271 g/mol. The lowest BCUT2D eigenvalue weighted by molar-refractivity contribution is 0.161. The number of hydrogen-bond acceptors (Lipinski definition) is 3. The fourth-order valence-corrected chi connectivity index (χ4v) is 2.01. The van der Waals surface area contributed by atoms with Gasteiger partial charge in [-0.25, -0.2) is 9.18 Å². The average molecular weight is 272 g/mol. The van der Waals surface area contributed by atoms with Crippen molar-refractivity contribution in [2.24, 2.45) is 5.73 Å². The highest BCUT2D eigenvalue weighted by molar-refractivity contribution is 6.32. The molecule has 0 fully saturated rings. The first-order valence-electron chi connectivity index (χ1n) is 5.31. The van der Waals surface area contributed by atoms with E-state index in [9.17, 15) is 9.18 Å². The number of benzene rings is 1. The van der Waals surface area contributed by atoms with Gasteiger partial charge in [-0.2, -0.15) is 0 Å². The van der Waals surface area contributed by atoms with Crippen LogP contribution in [0, 0.1) is 5.82 Å². The summed E-state index contributed by atoms with van der Waals surface area (Å²) < 4.78 is 23.3. The Bertz CT molecular complexity index is 516. The normalized spacial score (nSPS) is 15.1. The Hall–Kier alpha value is -1.59. The van der Waals surface area contributed by atoms with Crippen LogP contribution in [0.2, 0.25) is 5.02 Å². The molecule has 0 saturated carbocycles. The van der Waals surface area contributed by atoms with E-state index in [1.807, 2.05) is 6.08 Å². The minimum atomic E-state index is -1.07. The van der Waals surface area contributed by atoms with E-state index in [0.29, 0.717) is 25.2 Å². The maximum atomic E-state index is 13.5. The zero-order valence-electron chi connectivity index (χ0n) is 9.41. The van der Waals surface area contributed by atoms with E-state index in [1.165, 1.54) is 6.07 Å². The number of nitrogens with two attached hydrogens (primary N) is 1. The van der Waals surface area contributed by atoms with E-state index in [1.54, 1.807) is 0 Å². The van der Waals surface area contributed by atoms with Gasteiger partial charge in [0.05, 0.1) is 18.2 Å². The maximum absolute atomic E-state index is 13.5. The minimum absolute atomic E-state index is 0.228. The molecule has 0 bridgehead atoms. The van der Waals surface area contributed by atoms with Crippen LogP contribution in [0.1, 0.15) is 12.0 Å². The lowest BCUT2D eigenvalue weighted by atomic mass is 10.0. The molecule has 1 aliphatic heterocycles. The van der Waals surface area contributed by atoms with E-state index in [4.69, 9.17) is 22.1 Å². The van der Waals surface area contributed by atoms with E-state index in [0.717, 1.165) is 11.6 Å². The Morgan fingerprint density at radius 3 is 2.89 bits per heavy atom. The molecule has 96 valence electrons. The highest BCUT2D eigenvalue weighted by Gasteiger charge is 2.16. The summed E-state index contributed by atoms with van der Waals surface area (Å²) in [6, 6.07) is 2.48. The van der Waals surface area contributed by atoms with Gasteiger partial charge in [-0.1, -0.05) is 17.7 Å². The number of halogens is 2. The molecule has 18 heavy (non-hydrogen) atoms. The van der Waals surface area contributed by atoms with Crippen LogP contribution in [0.25, 0.3) is 5.57 Å². The second kappa shape index (κ2) is 5.37. The van der Waals surface area contributed by atoms with Crippen molar-refractivity contribution >= 4 is 23.3 Å². The van der Waals surface area contributed by atoms with Gasteiger partial charge < -0.3 is 15.2 Å². The summed E-state index contributed by atoms with van der Waals surface area (Å²) in [6.45, 7) is 1.06. The second-order valence-corrected chi connectivity index (χ2v) is 4.15. The van der Waals surface area contributed by atoms with Gasteiger partial charge in [-0.05, 0) is 24.1 Å². The fraction of sp³-hybridized carbons (Fsp3) is 0.250. The molecular formula is C12H11ClFNO3. The molecule has 0 aromatic heterocycles. The van der Waals surface area contributed by atoms with Gasteiger partial charge in [-0.15, -0.1) is 0 Å². The van der Waals surface area contributed by atoms with Crippen molar-refractivity contribution in [3.63, 3.8) is 0 Å². The molecule has 1 amide bonds. The summed E-state index contributed by atoms with van der Waals surface area (Å²) in [4.78, 5) is 10.7. The zero-order valence-corrected chi connectivity index (χ0v) is 10.2. The summed E-state index contributed by atoms with van der Waals surface area (Å²) in [6.07, 6.45) is 1.46. The van der Waals surface area contributed by atoms with Crippen molar-refractivity contribution in [1.29, 1.82) is 0 Å². The molecule has 0 atom stereocenters. The molecule has 2 rings (SSSR count). The van der Waals surface area contributed by atoms with Crippen LogP contribution >= 0.6 is 11.6 Å². The van der Waals surface area contributed by atoms with E-state index in [2.05, 4.69) is 4.74 Å². The van der Waals surface area contributed by atoms with Crippen molar-refractivity contribution < 1.29 is 18.7 Å². The van der Waals surface area contributed by atoms with Gasteiger partial charge in [0, 0.05) is 5.56 Å². The molecular weight excluding hydrogens is 261 g/mol.